The fourth-order valence-electron chi connectivity index (χ4n) is 2.59. The molecule has 0 atom stereocenters. The van der Waals surface area contributed by atoms with E-state index in [0.29, 0.717) is 24.0 Å². The predicted molar refractivity (Wildman–Crippen MR) is 75.1 cm³/mol. The number of benzene rings is 1. The molecule has 0 radical (unpaired) electrons. The Hall–Kier alpha value is -2.70. The Balaban J connectivity index is 1.95. The first-order chi connectivity index (χ1) is 10.1. The summed E-state index contributed by atoms with van der Waals surface area (Å²) in [5.41, 5.74) is 0.674. The maximum absolute atomic E-state index is 12.3. The summed E-state index contributed by atoms with van der Waals surface area (Å²) >= 11 is 0. The van der Waals surface area contributed by atoms with Gasteiger partial charge in [0, 0.05) is 36.8 Å². The SMILES string of the molecule is O=C(C(=O)N1CCCC1)c1c[nH]c2cc([N+](=O)[O-])ccc12. The fourth-order valence-corrected chi connectivity index (χ4v) is 2.59. The number of fused-ring (bicyclic) bond motifs is 1. The van der Waals surface area contributed by atoms with E-state index >= 15 is 0 Å². The third-order valence-electron chi connectivity index (χ3n) is 3.71. The maximum atomic E-state index is 12.3. The number of nitro benzene ring substituents is 1. The molecular weight excluding hydrogens is 274 g/mol. The zero-order valence-corrected chi connectivity index (χ0v) is 11.2. The monoisotopic (exact) mass is 287 g/mol. The van der Waals surface area contributed by atoms with Gasteiger partial charge in [0.15, 0.2) is 0 Å². The van der Waals surface area contributed by atoms with Gasteiger partial charge in [0.1, 0.15) is 0 Å². The molecule has 0 aliphatic carbocycles. The van der Waals surface area contributed by atoms with Crippen LogP contribution in [-0.4, -0.2) is 39.6 Å². The first kappa shape index (κ1) is 13.3. The molecule has 0 spiro atoms. The molecule has 1 aromatic carbocycles. The van der Waals surface area contributed by atoms with E-state index in [2.05, 4.69) is 4.98 Å². The molecule has 3 rings (SSSR count). The lowest BCUT2D eigenvalue weighted by Gasteiger charge is -2.13. The quantitative estimate of drug-likeness (QED) is 0.403. The van der Waals surface area contributed by atoms with Crippen molar-refractivity contribution in [1.82, 2.24) is 9.88 Å². The average molecular weight is 287 g/mol. The summed E-state index contributed by atoms with van der Waals surface area (Å²) in [7, 11) is 0. The number of Topliss-reactive ketones (excluding diaryl/α,β-unsaturated/α-hetero) is 1. The second-order valence-electron chi connectivity index (χ2n) is 5.02. The molecule has 0 bridgehead atoms. The Labute approximate surface area is 119 Å². The summed E-state index contributed by atoms with van der Waals surface area (Å²) in [5.74, 6) is -1.08. The van der Waals surface area contributed by atoms with E-state index in [-0.39, 0.29) is 11.3 Å². The molecule has 108 valence electrons. The first-order valence-electron chi connectivity index (χ1n) is 6.67. The number of H-pyrrole nitrogens is 1. The van der Waals surface area contributed by atoms with Gasteiger partial charge in [-0.1, -0.05) is 0 Å². The van der Waals surface area contributed by atoms with Gasteiger partial charge in [-0.05, 0) is 18.9 Å². The number of hydrogen-bond acceptors (Lipinski definition) is 4. The number of rotatable bonds is 3. The van der Waals surface area contributed by atoms with E-state index in [1.807, 2.05) is 0 Å². The second kappa shape index (κ2) is 5.01. The average Bonchev–Trinajstić information content (AvgIpc) is 3.14. The third-order valence-corrected chi connectivity index (χ3v) is 3.71. The summed E-state index contributed by atoms with van der Waals surface area (Å²) < 4.78 is 0. The van der Waals surface area contributed by atoms with E-state index in [9.17, 15) is 19.7 Å². The lowest BCUT2D eigenvalue weighted by atomic mass is 10.1. The van der Waals surface area contributed by atoms with E-state index in [4.69, 9.17) is 0 Å². The molecule has 0 unspecified atom stereocenters. The van der Waals surface area contributed by atoms with Crippen molar-refractivity contribution in [3.8, 4) is 0 Å². The number of carbonyl (C=O) groups excluding carboxylic acids is 2. The summed E-state index contributed by atoms with van der Waals surface area (Å²) in [6.45, 7) is 1.22. The molecule has 1 fully saturated rings. The molecule has 0 saturated carbocycles. The summed E-state index contributed by atoms with van der Waals surface area (Å²) in [6, 6.07) is 4.17. The van der Waals surface area contributed by atoms with Gasteiger partial charge in [-0.25, -0.2) is 0 Å². The summed E-state index contributed by atoms with van der Waals surface area (Å²) in [6.07, 6.45) is 3.27. The largest absolute Gasteiger partial charge is 0.360 e. The van der Waals surface area contributed by atoms with Gasteiger partial charge in [0.25, 0.3) is 17.4 Å². The highest BCUT2D eigenvalue weighted by molar-refractivity contribution is 6.44. The number of aromatic amines is 1. The number of aromatic nitrogens is 1. The Morgan fingerprint density at radius 3 is 2.62 bits per heavy atom. The van der Waals surface area contributed by atoms with Gasteiger partial charge >= 0.3 is 0 Å². The smallest absolute Gasteiger partial charge is 0.295 e. The van der Waals surface area contributed by atoms with Crippen LogP contribution in [0.15, 0.2) is 24.4 Å². The summed E-state index contributed by atoms with van der Waals surface area (Å²) in [5, 5.41) is 11.3. The maximum Gasteiger partial charge on any atom is 0.295 e. The molecule has 1 N–H and O–H groups in total. The Morgan fingerprint density at radius 2 is 1.95 bits per heavy atom. The van der Waals surface area contributed by atoms with Crippen LogP contribution in [0, 0.1) is 10.1 Å². The van der Waals surface area contributed by atoms with Crippen molar-refractivity contribution in [3.05, 3.63) is 40.1 Å². The van der Waals surface area contributed by atoms with Gasteiger partial charge in [-0.3, -0.25) is 19.7 Å². The number of nitrogens with one attached hydrogen (secondary N) is 1. The number of non-ortho nitro benzene ring substituents is 1. The van der Waals surface area contributed by atoms with Crippen LogP contribution in [0.1, 0.15) is 23.2 Å². The van der Waals surface area contributed by atoms with E-state index in [1.54, 1.807) is 4.90 Å². The van der Waals surface area contributed by atoms with Crippen molar-refractivity contribution < 1.29 is 14.5 Å². The van der Waals surface area contributed by atoms with Crippen molar-refractivity contribution in [2.45, 2.75) is 12.8 Å². The zero-order valence-electron chi connectivity index (χ0n) is 11.2. The molecule has 1 aliphatic heterocycles. The molecule has 2 aromatic rings. The number of nitro groups is 1. The van der Waals surface area contributed by atoms with E-state index in [1.165, 1.54) is 24.4 Å². The van der Waals surface area contributed by atoms with Crippen molar-refractivity contribution >= 4 is 28.3 Å². The number of ketones is 1. The van der Waals surface area contributed by atoms with E-state index < -0.39 is 16.6 Å². The number of nitrogens with zero attached hydrogens (tertiary/aromatic N) is 2. The topological polar surface area (TPSA) is 96.3 Å². The lowest BCUT2D eigenvalue weighted by molar-refractivity contribution is -0.384. The van der Waals surface area contributed by atoms with Crippen LogP contribution >= 0.6 is 0 Å². The third kappa shape index (κ3) is 2.26. The van der Waals surface area contributed by atoms with Crippen LogP contribution in [0.4, 0.5) is 5.69 Å². The number of carbonyl (C=O) groups is 2. The Bertz CT molecular complexity index is 744. The highest BCUT2D eigenvalue weighted by Crippen LogP contribution is 2.24. The molecule has 1 amide bonds. The van der Waals surface area contributed by atoms with Gasteiger partial charge in [0.2, 0.25) is 0 Å². The number of likely N-dealkylation sites (tertiary alicyclic amines) is 1. The molecule has 1 aromatic heterocycles. The zero-order chi connectivity index (χ0) is 15.0. The normalized spacial score (nSPS) is 14.6. The van der Waals surface area contributed by atoms with Crippen LogP contribution < -0.4 is 0 Å². The van der Waals surface area contributed by atoms with Crippen LogP contribution in [0.5, 0.6) is 0 Å². The number of amides is 1. The molecular formula is C14H13N3O4. The number of hydrogen-bond donors (Lipinski definition) is 1. The highest BCUT2D eigenvalue weighted by Gasteiger charge is 2.27. The molecule has 7 nitrogen and oxygen atoms in total. The minimum absolute atomic E-state index is 0.0609. The Morgan fingerprint density at radius 1 is 1.24 bits per heavy atom. The van der Waals surface area contributed by atoms with Crippen LogP contribution in [0.2, 0.25) is 0 Å². The van der Waals surface area contributed by atoms with Crippen molar-refractivity contribution in [3.63, 3.8) is 0 Å². The van der Waals surface area contributed by atoms with Crippen LogP contribution in [0.3, 0.4) is 0 Å². The van der Waals surface area contributed by atoms with Crippen molar-refractivity contribution in [2.75, 3.05) is 13.1 Å². The molecule has 7 heteroatoms. The van der Waals surface area contributed by atoms with Gasteiger partial charge in [-0.15, -0.1) is 0 Å². The molecule has 21 heavy (non-hydrogen) atoms. The second-order valence-corrected chi connectivity index (χ2v) is 5.02. The van der Waals surface area contributed by atoms with Gasteiger partial charge in [-0.2, -0.15) is 0 Å². The molecule has 1 aliphatic rings. The fraction of sp³-hybridized carbons (Fsp3) is 0.286. The minimum Gasteiger partial charge on any atom is -0.360 e. The minimum atomic E-state index is -0.572. The predicted octanol–water partition coefficient (Wildman–Crippen LogP) is 1.88. The van der Waals surface area contributed by atoms with Gasteiger partial charge in [0.05, 0.1) is 16.0 Å². The van der Waals surface area contributed by atoms with E-state index in [0.717, 1.165) is 12.8 Å². The summed E-state index contributed by atoms with van der Waals surface area (Å²) in [4.78, 5) is 39.0. The van der Waals surface area contributed by atoms with Gasteiger partial charge < -0.3 is 9.88 Å². The van der Waals surface area contributed by atoms with Crippen molar-refractivity contribution in [1.29, 1.82) is 0 Å². The lowest BCUT2D eigenvalue weighted by Crippen LogP contribution is -2.34. The van der Waals surface area contributed by atoms with Crippen molar-refractivity contribution in [2.24, 2.45) is 0 Å². The standard InChI is InChI=1S/C14H13N3O4/c18-13(14(19)16-5-1-2-6-16)11-8-15-12-7-9(17(20)21)3-4-10(11)12/h3-4,7-8,15H,1-2,5-6H2. The van der Waals surface area contributed by atoms with Crippen LogP contribution in [-0.2, 0) is 4.79 Å². The Kier molecular flexibility index (Phi) is 3.17. The first-order valence-corrected chi connectivity index (χ1v) is 6.67. The molecule has 2 heterocycles. The van der Waals surface area contributed by atoms with Crippen LogP contribution in [0.25, 0.3) is 10.9 Å². The molecule has 1 saturated heterocycles. The highest BCUT2D eigenvalue weighted by atomic mass is 16.6.